The van der Waals surface area contributed by atoms with Crippen molar-refractivity contribution in [3.63, 3.8) is 0 Å². The van der Waals surface area contributed by atoms with Crippen LogP contribution >= 0.6 is 11.6 Å². The molecule has 0 aromatic carbocycles. The van der Waals surface area contributed by atoms with Gasteiger partial charge in [0.2, 0.25) is 5.88 Å². The number of nitrogens with zero attached hydrogens (tertiary/aromatic N) is 1. The number of carbonyl (C=O) groups is 1. The van der Waals surface area contributed by atoms with Crippen molar-refractivity contribution in [2.24, 2.45) is 0 Å². The lowest BCUT2D eigenvalue weighted by Gasteiger charge is -2.27. The molecule has 1 heterocycles. The number of ether oxygens (including phenoxy) is 3. The Bertz CT molecular complexity index is 508. The minimum Gasteiger partial charge on any atom is -0.481 e. The van der Waals surface area contributed by atoms with Crippen molar-refractivity contribution in [3.8, 4) is 5.88 Å². The Balaban J connectivity index is 3.49. The second kappa shape index (κ2) is 7.59. The lowest BCUT2D eigenvalue weighted by Crippen LogP contribution is -2.38. The van der Waals surface area contributed by atoms with Gasteiger partial charge in [-0.1, -0.05) is 18.5 Å². The second-order valence-electron chi connectivity index (χ2n) is 4.35. The van der Waals surface area contributed by atoms with Crippen LogP contribution in [0.2, 0.25) is 5.15 Å². The number of rotatable bonds is 7. The summed E-state index contributed by atoms with van der Waals surface area (Å²) in [5, 5.41) is 10.9. The molecule has 0 fully saturated rings. The van der Waals surface area contributed by atoms with Crippen LogP contribution in [-0.4, -0.2) is 36.9 Å². The van der Waals surface area contributed by atoms with Crippen LogP contribution in [0.25, 0.3) is 0 Å². The van der Waals surface area contributed by atoms with Crippen LogP contribution in [-0.2, 0) is 26.5 Å². The lowest BCUT2D eigenvalue weighted by atomic mass is 9.88. The Labute approximate surface area is 129 Å². The van der Waals surface area contributed by atoms with Gasteiger partial charge < -0.3 is 19.3 Å². The van der Waals surface area contributed by atoms with Crippen molar-refractivity contribution >= 4 is 17.6 Å². The summed E-state index contributed by atoms with van der Waals surface area (Å²) in [6.07, 6.45) is 0.117. The second-order valence-corrected chi connectivity index (χ2v) is 4.73. The Morgan fingerprint density at radius 3 is 2.57 bits per heavy atom. The first-order valence-electron chi connectivity index (χ1n) is 6.56. The van der Waals surface area contributed by atoms with Gasteiger partial charge in [-0.2, -0.15) is 0 Å². The van der Waals surface area contributed by atoms with Crippen LogP contribution in [0.5, 0.6) is 5.88 Å². The highest BCUT2D eigenvalue weighted by Gasteiger charge is 2.41. The van der Waals surface area contributed by atoms with Crippen molar-refractivity contribution in [1.29, 1.82) is 0 Å². The Kier molecular flexibility index (Phi) is 6.39. The fourth-order valence-electron chi connectivity index (χ4n) is 2.04. The minimum atomic E-state index is -1.83. The van der Waals surface area contributed by atoms with E-state index in [-0.39, 0.29) is 36.2 Å². The van der Waals surface area contributed by atoms with E-state index < -0.39 is 11.6 Å². The van der Waals surface area contributed by atoms with Crippen LogP contribution in [0.15, 0.2) is 6.07 Å². The molecule has 1 N–H and O–H groups in total. The summed E-state index contributed by atoms with van der Waals surface area (Å²) in [5.41, 5.74) is -1.09. The van der Waals surface area contributed by atoms with Crippen molar-refractivity contribution in [1.82, 2.24) is 4.98 Å². The molecule has 0 saturated carbocycles. The normalized spacial score (nSPS) is 13.6. The predicted octanol–water partition coefficient (Wildman–Crippen LogP) is 2.05. The molecule has 1 rings (SSSR count). The number of aromatic nitrogens is 1. The van der Waals surface area contributed by atoms with Gasteiger partial charge in [0.1, 0.15) is 5.15 Å². The molecule has 118 valence electrons. The quantitative estimate of drug-likeness (QED) is 0.612. The molecule has 0 aliphatic heterocycles. The van der Waals surface area contributed by atoms with E-state index in [2.05, 4.69) is 4.98 Å². The largest absolute Gasteiger partial charge is 0.481 e. The third-order valence-electron chi connectivity index (χ3n) is 3.11. The molecule has 0 saturated heterocycles. The van der Waals surface area contributed by atoms with Gasteiger partial charge in [-0.3, -0.25) is 0 Å². The molecule has 0 aliphatic rings. The minimum absolute atomic E-state index is 0.109. The Hall–Kier alpha value is -1.37. The molecule has 0 radical (unpaired) electrons. The average molecular weight is 318 g/mol. The highest BCUT2D eigenvalue weighted by atomic mass is 35.5. The van der Waals surface area contributed by atoms with E-state index in [1.165, 1.54) is 20.3 Å². The number of pyridine rings is 1. The molecule has 1 aromatic heterocycles. The van der Waals surface area contributed by atoms with Crippen LogP contribution in [0.3, 0.4) is 0 Å². The monoisotopic (exact) mass is 317 g/mol. The summed E-state index contributed by atoms with van der Waals surface area (Å²) in [5.74, 6) is -0.537. The summed E-state index contributed by atoms with van der Waals surface area (Å²) < 4.78 is 15.2. The fourth-order valence-corrected chi connectivity index (χ4v) is 2.22. The molecule has 1 aromatic rings. The average Bonchev–Trinajstić information content (AvgIpc) is 2.48. The van der Waals surface area contributed by atoms with Gasteiger partial charge in [0, 0.05) is 18.2 Å². The molecular weight excluding hydrogens is 298 g/mol. The summed E-state index contributed by atoms with van der Waals surface area (Å²) in [7, 11) is 2.92. The smallest absolute Gasteiger partial charge is 0.342 e. The molecular formula is C14H20ClNO5. The Morgan fingerprint density at radius 1 is 1.43 bits per heavy atom. The maximum Gasteiger partial charge on any atom is 0.342 e. The van der Waals surface area contributed by atoms with Gasteiger partial charge in [0.25, 0.3) is 0 Å². The standard InChI is InChI=1S/C14H20ClNO5/c1-5-14(18,13(17)21-6-2)10-7-11(15)16-12(20-4)9(10)8-19-3/h7,18H,5-6,8H2,1-4H3. The number of hydrogen-bond acceptors (Lipinski definition) is 6. The molecule has 0 amide bonds. The first kappa shape index (κ1) is 17.7. The van der Waals surface area contributed by atoms with Crippen LogP contribution in [0.1, 0.15) is 31.4 Å². The molecule has 7 heteroatoms. The zero-order chi connectivity index (χ0) is 16.0. The number of esters is 1. The first-order valence-corrected chi connectivity index (χ1v) is 6.94. The van der Waals surface area contributed by atoms with Crippen molar-refractivity contribution in [2.45, 2.75) is 32.5 Å². The van der Waals surface area contributed by atoms with Gasteiger partial charge in [-0.15, -0.1) is 0 Å². The van der Waals surface area contributed by atoms with Crippen molar-refractivity contribution < 1.29 is 24.1 Å². The van der Waals surface area contributed by atoms with E-state index in [1.54, 1.807) is 13.8 Å². The Morgan fingerprint density at radius 2 is 2.10 bits per heavy atom. The number of hydrogen-bond donors (Lipinski definition) is 1. The van der Waals surface area contributed by atoms with Crippen molar-refractivity contribution in [2.75, 3.05) is 20.8 Å². The van der Waals surface area contributed by atoms with E-state index in [9.17, 15) is 9.90 Å². The third-order valence-corrected chi connectivity index (χ3v) is 3.30. The lowest BCUT2D eigenvalue weighted by molar-refractivity contribution is -0.166. The van der Waals surface area contributed by atoms with E-state index >= 15 is 0 Å². The van der Waals surface area contributed by atoms with Gasteiger partial charge in [-0.25, -0.2) is 9.78 Å². The topological polar surface area (TPSA) is 77.9 Å². The highest BCUT2D eigenvalue weighted by molar-refractivity contribution is 6.29. The molecule has 1 unspecified atom stereocenters. The summed E-state index contributed by atoms with van der Waals surface area (Å²) in [6, 6.07) is 1.43. The van der Waals surface area contributed by atoms with Gasteiger partial charge in [0.05, 0.1) is 20.3 Å². The zero-order valence-corrected chi connectivity index (χ0v) is 13.4. The number of methoxy groups -OCH3 is 2. The van der Waals surface area contributed by atoms with Gasteiger partial charge in [-0.05, 0) is 19.4 Å². The van der Waals surface area contributed by atoms with Gasteiger partial charge in [0.15, 0.2) is 5.60 Å². The van der Waals surface area contributed by atoms with Gasteiger partial charge >= 0.3 is 5.97 Å². The van der Waals surface area contributed by atoms with E-state index in [0.717, 1.165) is 0 Å². The molecule has 6 nitrogen and oxygen atoms in total. The number of halogens is 1. The highest BCUT2D eigenvalue weighted by Crippen LogP contribution is 2.35. The fraction of sp³-hybridized carbons (Fsp3) is 0.571. The summed E-state index contributed by atoms with van der Waals surface area (Å²) >= 11 is 5.95. The van der Waals surface area contributed by atoms with Crippen LogP contribution in [0.4, 0.5) is 0 Å². The molecule has 21 heavy (non-hydrogen) atoms. The maximum absolute atomic E-state index is 12.1. The maximum atomic E-state index is 12.1. The van der Waals surface area contributed by atoms with E-state index in [0.29, 0.717) is 5.56 Å². The molecule has 0 bridgehead atoms. The molecule has 1 atom stereocenters. The number of carbonyl (C=O) groups excluding carboxylic acids is 1. The predicted molar refractivity (Wildman–Crippen MR) is 77.3 cm³/mol. The SMILES string of the molecule is CCOC(=O)C(O)(CC)c1cc(Cl)nc(OC)c1COC. The van der Waals surface area contributed by atoms with Crippen LogP contribution < -0.4 is 4.74 Å². The van der Waals surface area contributed by atoms with E-state index in [4.69, 9.17) is 25.8 Å². The van der Waals surface area contributed by atoms with Crippen LogP contribution in [0, 0.1) is 0 Å². The number of aliphatic hydroxyl groups is 1. The summed E-state index contributed by atoms with van der Waals surface area (Å²) in [6.45, 7) is 3.62. The zero-order valence-electron chi connectivity index (χ0n) is 12.6. The molecule has 0 spiro atoms. The summed E-state index contributed by atoms with van der Waals surface area (Å²) in [4.78, 5) is 16.2. The van der Waals surface area contributed by atoms with Crippen molar-refractivity contribution in [3.05, 3.63) is 22.3 Å². The molecule has 0 aliphatic carbocycles. The van der Waals surface area contributed by atoms with E-state index in [1.807, 2.05) is 0 Å². The third kappa shape index (κ3) is 3.64. The first-order chi connectivity index (χ1) is 9.94.